The molecule has 0 N–H and O–H groups in total. The van der Waals surface area contributed by atoms with Crippen LogP contribution < -0.4 is 0 Å². The molecule has 1 saturated carbocycles. The molecule has 1 spiro atoms. The molecule has 1 unspecified atom stereocenters. The molecule has 3 aromatic rings. The second-order valence-corrected chi connectivity index (χ2v) is 9.78. The van der Waals surface area contributed by atoms with Gasteiger partial charge >= 0.3 is 0 Å². The summed E-state index contributed by atoms with van der Waals surface area (Å²) in [5.41, 5.74) is 0.661. The van der Waals surface area contributed by atoms with E-state index in [9.17, 15) is 4.79 Å². The standard InChI is InChI=1S/C25H31N5O/c1-18(2)14-30-17-27-28-23(30)21-15-29(16-25(21)11-6-3-7-12-25)24(31)22-20-9-5-4-8-19(20)10-13-26-22/h4-5,8-10,13,17-18,21H,3,6-7,11-12,14-16H2,1-2H3. The first-order chi connectivity index (χ1) is 15.1. The van der Waals surface area contributed by atoms with Crippen LogP contribution in [0.3, 0.4) is 0 Å². The summed E-state index contributed by atoms with van der Waals surface area (Å²) >= 11 is 0. The molecular weight excluding hydrogens is 386 g/mol. The lowest BCUT2D eigenvalue weighted by Crippen LogP contribution is -2.35. The minimum Gasteiger partial charge on any atom is -0.336 e. The Morgan fingerprint density at radius 1 is 1.16 bits per heavy atom. The van der Waals surface area contributed by atoms with Crippen molar-refractivity contribution in [2.45, 2.75) is 58.4 Å². The summed E-state index contributed by atoms with van der Waals surface area (Å²) in [5, 5.41) is 10.8. The highest BCUT2D eigenvalue weighted by Gasteiger charge is 2.50. The van der Waals surface area contributed by atoms with E-state index in [1.165, 1.54) is 19.3 Å². The molecule has 0 radical (unpaired) electrons. The van der Waals surface area contributed by atoms with Crippen molar-refractivity contribution in [2.75, 3.05) is 13.1 Å². The highest BCUT2D eigenvalue weighted by atomic mass is 16.2. The summed E-state index contributed by atoms with van der Waals surface area (Å²) in [4.78, 5) is 20.2. The van der Waals surface area contributed by atoms with Crippen molar-refractivity contribution in [3.8, 4) is 0 Å². The van der Waals surface area contributed by atoms with Crippen molar-refractivity contribution in [3.05, 3.63) is 54.4 Å². The smallest absolute Gasteiger partial charge is 0.273 e. The lowest BCUT2D eigenvalue weighted by Gasteiger charge is -2.37. The van der Waals surface area contributed by atoms with Crippen LogP contribution in [-0.2, 0) is 6.54 Å². The Balaban J connectivity index is 1.50. The molecule has 1 aliphatic carbocycles. The van der Waals surface area contributed by atoms with Crippen LogP contribution in [0.2, 0.25) is 0 Å². The van der Waals surface area contributed by atoms with Gasteiger partial charge in [-0.05, 0) is 35.6 Å². The van der Waals surface area contributed by atoms with Crippen molar-refractivity contribution in [1.82, 2.24) is 24.6 Å². The Morgan fingerprint density at radius 2 is 1.97 bits per heavy atom. The maximum atomic E-state index is 13.7. The fraction of sp³-hybridized carbons (Fsp3) is 0.520. The van der Waals surface area contributed by atoms with Crippen molar-refractivity contribution in [3.63, 3.8) is 0 Å². The minimum atomic E-state index is 0.0409. The van der Waals surface area contributed by atoms with E-state index in [0.29, 0.717) is 18.2 Å². The molecule has 1 amide bonds. The van der Waals surface area contributed by atoms with Gasteiger partial charge in [-0.2, -0.15) is 0 Å². The third kappa shape index (κ3) is 3.62. The molecule has 5 rings (SSSR count). The zero-order valence-corrected chi connectivity index (χ0v) is 18.5. The number of benzene rings is 1. The van der Waals surface area contributed by atoms with E-state index in [-0.39, 0.29) is 17.2 Å². The van der Waals surface area contributed by atoms with E-state index in [1.807, 2.05) is 41.6 Å². The molecule has 3 heterocycles. The third-order valence-electron chi connectivity index (χ3n) is 7.18. The van der Waals surface area contributed by atoms with Crippen molar-refractivity contribution < 1.29 is 4.79 Å². The summed E-state index contributed by atoms with van der Waals surface area (Å²) in [6.07, 6.45) is 9.65. The Morgan fingerprint density at radius 3 is 2.77 bits per heavy atom. The van der Waals surface area contributed by atoms with E-state index in [0.717, 1.165) is 42.5 Å². The number of rotatable bonds is 4. The maximum absolute atomic E-state index is 13.7. The van der Waals surface area contributed by atoms with Gasteiger partial charge < -0.3 is 9.47 Å². The SMILES string of the molecule is CC(C)Cn1cnnc1C1CN(C(=O)c2nccc3ccccc23)CC12CCCCC2. The predicted octanol–water partition coefficient (Wildman–Crippen LogP) is 4.67. The summed E-state index contributed by atoms with van der Waals surface area (Å²) in [6.45, 7) is 6.83. The van der Waals surface area contributed by atoms with Crippen LogP contribution in [0, 0.1) is 11.3 Å². The third-order valence-corrected chi connectivity index (χ3v) is 7.18. The number of nitrogens with zero attached hydrogens (tertiary/aromatic N) is 5. The van der Waals surface area contributed by atoms with E-state index >= 15 is 0 Å². The average Bonchev–Trinajstić information content (AvgIpc) is 3.37. The number of likely N-dealkylation sites (tertiary alicyclic amines) is 1. The fourth-order valence-electron chi connectivity index (χ4n) is 5.75. The molecular formula is C25H31N5O. The molecule has 6 nitrogen and oxygen atoms in total. The predicted molar refractivity (Wildman–Crippen MR) is 121 cm³/mol. The first-order valence-electron chi connectivity index (χ1n) is 11.6. The monoisotopic (exact) mass is 417 g/mol. The zero-order chi connectivity index (χ0) is 21.4. The number of pyridine rings is 1. The van der Waals surface area contributed by atoms with Crippen LogP contribution in [0.5, 0.6) is 0 Å². The van der Waals surface area contributed by atoms with Gasteiger partial charge in [0.1, 0.15) is 17.8 Å². The van der Waals surface area contributed by atoms with Crippen LogP contribution in [0.25, 0.3) is 10.8 Å². The summed E-state index contributed by atoms with van der Waals surface area (Å²) in [7, 11) is 0. The topological polar surface area (TPSA) is 63.9 Å². The van der Waals surface area contributed by atoms with Gasteiger partial charge in [-0.15, -0.1) is 10.2 Å². The van der Waals surface area contributed by atoms with Crippen LogP contribution in [0.1, 0.15) is 68.2 Å². The Bertz CT molecular complexity index is 1080. The lowest BCUT2D eigenvalue weighted by molar-refractivity contribution is 0.0754. The number of carbonyl (C=O) groups is 1. The van der Waals surface area contributed by atoms with Crippen LogP contribution in [0.4, 0.5) is 0 Å². The van der Waals surface area contributed by atoms with Gasteiger partial charge in [-0.3, -0.25) is 9.78 Å². The van der Waals surface area contributed by atoms with E-state index in [2.05, 4.69) is 33.6 Å². The zero-order valence-electron chi connectivity index (χ0n) is 18.5. The summed E-state index contributed by atoms with van der Waals surface area (Å²) in [6, 6.07) is 9.98. The molecule has 2 aromatic heterocycles. The number of carbonyl (C=O) groups excluding carboxylic acids is 1. The van der Waals surface area contributed by atoms with E-state index in [4.69, 9.17) is 0 Å². The van der Waals surface area contributed by atoms with Crippen LogP contribution in [-0.4, -0.2) is 43.6 Å². The van der Waals surface area contributed by atoms with Crippen molar-refractivity contribution >= 4 is 16.7 Å². The maximum Gasteiger partial charge on any atom is 0.273 e. The molecule has 1 saturated heterocycles. The van der Waals surface area contributed by atoms with E-state index in [1.54, 1.807) is 6.20 Å². The molecule has 0 bridgehead atoms. The van der Waals surface area contributed by atoms with Crippen molar-refractivity contribution in [1.29, 1.82) is 0 Å². The van der Waals surface area contributed by atoms with E-state index < -0.39 is 0 Å². The number of amides is 1. The second kappa shape index (κ2) is 8.06. The quantitative estimate of drug-likeness (QED) is 0.619. The Kier molecular flexibility index (Phi) is 5.24. The van der Waals surface area contributed by atoms with Gasteiger partial charge in [0.05, 0.1) is 0 Å². The molecule has 1 aliphatic heterocycles. The summed E-state index contributed by atoms with van der Waals surface area (Å²) in [5.74, 6) is 1.85. The van der Waals surface area contributed by atoms with Crippen LogP contribution >= 0.6 is 0 Å². The number of hydrogen-bond acceptors (Lipinski definition) is 4. The summed E-state index contributed by atoms with van der Waals surface area (Å²) < 4.78 is 2.22. The number of hydrogen-bond donors (Lipinski definition) is 0. The van der Waals surface area contributed by atoms with Gasteiger partial charge in [-0.25, -0.2) is 0 Å². The first kappa shape index (κ1) is 20.2. The van der Waals surface area contributed by atoms with Crippen molar-refractivity contribution in [2.24, 2.45) is 11.3 Å². The van der Waals surface area contributed by atoms with Gasteiger partial charge in [0, 0.05) is 37.1 Å². The Labute approximate surface area is 183 Å². The molecule has 162 valence electrons. The Hall–Kier alpha value is -2.76. The molecule has 1 atom stereocenters. The lowest BCUT2D eigenvalue weighted by atomic mass is 9.67. The average molecular weight is 418 g/mol. The molecule has 31 heavy (non-hydrogen) atoms. The first-order valence-corrected chi connectivity index (χ1v) is 11.6. The van der Waals surface area contributed by atoms with Gasteiger partial charge in [0.15, 0.2) is 0 Å². The van der Waals surface area contributed by atoms with Gasteiger partial charge in [-0.1, -0.05) is 57.4 Å². The fourth-order valence-corrected chi connectivity index (χ4v) is 5.75. The highest BCUT2D eigenvalue weighted by molar-refractivity contribution is 6.05. The van der Waals surface area contributed by atoms with Gasteiger partial charge in [0.25, 0.3) is 5.91 Å². The van der Waals surface area contributed by atoms with Gasteiger partial charge in [0.2, 0.25) is 0 Å². The molecule has 2 fully saturated rings. The second-order valence-electron chi connectivity index (χ2n) is 9.78. The normalized spacial score (nSPS) is 20.7. The molecule has 6 heteroatoms. The van der Waals surface area contributed by atoms with Crippen LogP contribution in [0.15, 0.2) is 42.9 Å². The number of aromatic nitrogens is 4. The largest absolute Gasteiger partial charge is 0.336 e. The minimum absolute atomic E-state index is 0.0409. The molecule has 2 aliphatic rings. The highest BCUT2D eigenvalue weighted by Crippen LogP contribution is 2.52. The molecule has 1 aromatic carbocycles. The number of fused-ring (bicyclic) bond motifs is 1.